The third-order valence-corrected chi connectivity index (χ3v) is 1.95. The molecule has 0 atom stereocenters. The summed E-state index contributed by atoms with van der Waals surface area (Å²) in [5.41, 5.74) is 1.02. The summed E-state index contributed by atoms with van der Waals surface area (Å²) in [6.07, 6.45) is 7.46. The van der Waals surface area contributed by atoms with E-state index in [-0.39, 0.29) is 0 Å². The molecule has 3 heteroatoms. The second-order valence-electron chi connectivity index (χ2n) is 3.29. The van der Waals surface area contributed by atoms with Gasteiger partial charge in [-0.05, 0) is 11.8 Å². The molecule has 2 rings (SSSR count). The average Bonchev–Trinajstić information content (AvgIpc) is 2.42. The maximum atomic E-state index is 4.20. The number of rotatable bonds is 1. The molecule has 1 aliphatic rings. The molecule has 0 aliphatic carbocycles. The molecule has 1 aromatic rings. The van der Waals surface area contributed by atoms with Crippen molar-refractivity contribution in [2.45, 2.75) is 13.8 Å². The fourth-order valence-electron chi connectivity index (χ4n) is 1.16. The van der Waals surface area contributed by atoms with Gasteiger partial charge >= 0.3 is 0 Å². The van der Waals surface area contributed by atoms with E-state index in [4.69, 9.17) is 0 Å². The molecule has 0 bridgehead atoms. The van der Waals surface area contributed by atoms with Gasteiger partial charge in [-0.25, -0.2) is 9.98 Å². The van der Waals surface area contributed by atoms with E-state index in [0.717, 1.165) is 11.5 Å². The number of aromatic nitrogens is 2. The molecule has 0 aromatic carbocycles. The van der Waals surface area contributed by atoms with Crippen LogP contribution in [0.3, 0.4) is 0 Å². The van der Waals surface area contributed by atoms with E-state index in [1.54, 1.807) is 12.3 Å². The summed E-state index contributed by atoms with van der Waals surface area (Å²) in [5.74, 6) is 4.16. The average molecular weight is 173 g/mol. The topological polar surface area (TPSA) is 30.2 Å². The first-order valence-electron chi connectivity index (χ1n) is 4.31. The molecule has 0 N–H and O–H groups in total. The van der Waals surface area contributed by atoms with Crippen molar-refractivity contribution in [1.82, 2.24) is 9.55 Å². The number of allylic oxidation sites excluding steroid dienone is 1. The number of imidazole rings is 1. The molecule has 1 aromatic heterocycles. The van der Waals surface area contributed by atoms with Crippen LogP contribution < -0.4 is 0 Å². The van der Waals surface area contributed by atoms with Crippen LogP contribution in [0.15, 0.2) is 23.1 Å². The minimum Gasteiger partial charge on any atom is -0.305 e. The molecular weight excluding hydrogens is 162 g/mol. The van der Waals surface area contributed by atoms with Crippen molar-refractivity contribution in [3.8, 4) is 0 Å². The molecule has 0 amide bonds. The fraction of sp³-hybridized carbons (Fsp3) is 0.300. The fourth-order valence-corrected chi connectivity index (χ4v) is 1.16. The van der Waals surface area contributed by atoms with Crippen molar-refractivity contribution in [3.05, 3.63) is 23.9 Å². The predicted octanol–water partition coefficient (Wildman–Crippen LogP) is 2.03. The van der Waals surface area contributed by atoms with Gasteiger partial charge in [0.05, 0.1) is 5.70 Å². The minimum absolute atomic E-state index is 0.411. The Labute approximate surface area is 77.1 Å². The monoisotopic (exact) mass is 173 g/mol. The highest BCUT2D eigenvalue weighted by molar-refractivity contribution is 5.78. The summed E-state index contributed by atoms with van der Waals surface area (Å²) >= 11 is 0. The summed E-state index contributed by atoms with van der Waals surface area (Å²) in [6, 6.07) is 0. The lowest BCUT2D eigenvalue weighted by molar-refractivity contribution is 0.761. The maximum absolute atomic E-state index is 4.20. The third kappa shape index (κ3) is 1.46. The first-order valence-corrected chi connectivity index (χ1v) is 4.31. The summed E-state index contributed by atoms with van der Waals surface area (Å²) in [5, 5.41) is 0. The Hall–Kier alpha value is -1.60. The van der Waals surface area contributed by atoms with E-state index in [2.05, 4.69) is 29.7 Å². The number of fused-ring (bicyclic) bond motifs is 1. The molecule has 0 radical (unpaired) electrons. The molecule has 0 unspecified atom stereocenters. The van der Waals surface area contributed by atoms with Gasteiger partial charge < -0.3 is 4.57 Å². The highest BCUT2D eigenvalue weighted by Gasteiger charge is 2.05. The lowest BCUT2D eigenvalue weighted by Gasteiger charge is -2.03. The molecule has 0 fully saturated rings. The van der Waals surface area contributed by atoms with Crippen molar-refractivity contribution in [2.75, 3.05) is 0 Å². The second-order valence-corrected chi connectivity index (χ2v) is 3.29. The van der Waals surface area contributed by atoms with Crippen LogP contribution in [0.25, 0.3) is 12.3 Å². The van der Waals surface area contributed by atoms with Crippen molar-refractivity contribution in [2.24, 2.45) is 10.9 Å². The van der Waals surface area contributed by atoms with E-state index in [9.17, 15) is 0 Å². The van der Waals surface area contributed by atoms with Crippen molar-refractivity contribution in [3.63, 3.8) is 0 Å². The summed E-state index contributed by atoms with van der Waals surface area (Å²) in [6.45, 7) is 4.22. The van der Waals surface area contributed by atoms with Gasteiger partial charge in [0.25, 0.3) is 0 Å². The lowest BCUT2D eigenvalue weighted by atomic mass is 10.1. The van der Waals surface area contributed by atoms with Crippen LogP contribution in [0.5, 0.6) is 0 Å². The third-order valence-electron chi connectivity index (χ3n) is 1.95. The number of aliphatic imine (C=N–C) groups is 1. The van der Waals surface area contributed by atoms with Gasteiger partial charge in [-0.3, -0.25) is 0 Å². The summed E-state index contributed by atoms with van der Waals surface area (Å²) < 4.78 is 1.96. The Kier molecular flexibility index (Phi) is 1.87. The Morgan fingerprint density at radius 1 is 1.46 bits per heavy atom. The normalized spacial score (nSPS) is 14.2. The minimum atomic E-state index is 0.411. The van der Waals surface area contributed by atoms with Crippen LogP contribution in [0.2, 0.25) is 0 Å². The van der Waals surface area contributed by atoms with Crippen LogP contribution >= 0.6 is 0 Å². The van der Waals surface area contributed by atoms with E-state index in [1.807, 2.05) is 17.0 Å². The van der Waals surface area contributed by atoms with Crippen LogP contribution in [0, 0.1) is 5.92 Å². The first kappa shape index (κ1) is 8.02. The lowest BCUT2D eigenvalue weighted by Crippen LogP contribution is -1.94. The Bertz CT molecular complexity index is 404. The standard InChI is InChI=1S/C10H11N3/c1-8(2)9-7-13-6-5-12-10(13)3-4-11-9/h3,5-8H,1-2H3. The molecule has 2 heterocycles. The van der Waals surface area contributed by atoms with E-state index in [0.29, 0.717) is 5.92 Å². The van der Waals surface area contributed by atoms with Crippen LogP contribution in [-0.4, -0.2) is 15.4 Å². The summed E-state index contributed by atoms with van der Waals surface area (Å²) in [7, 11) is 0. The number of nitrogens with zero attached hydrogens (tertiary/aromatic N) is 3. The highest BCUT2D eigenvalue weighted by atomic mass is 15.1. The van der Waals surface area contributed by atoms with Crippen molar-refractivity contribution in [1.29, 1.82) is 0 Å². The molecule has 1 aliphatic heterocycles. The molecule has 13 heavy (non-hydrogen) atoms. The SMILES string of the molecule is CC(C)C1=Cn2ccnc2C=C=N1. The number of hydrogen-bond donors (Lipinski definition) is 0. The zero-order chi connectivity index (χ0) is 9.26. The Balaban J connectivity index is 2.52. The van der Waals surface area contributed by atoms with Crippen molar-refractivity contribution >= 4 is 18.1 Å². The zero-order valence-corrected chi connectivity index (χ0v) is 7.73. The molecule has 0 saturated heterocycles. The van der Waals surface area contributed by atoms with Gasteiger partial charge in [0.1, 0.15) is 5.82 Å². The molecule has 3 nitrogen and oxygen atoms in total. The Morgan fingerprint density at radius 2 is 2.31 bits per heavy atom. The van der Waals surface area contributed by atoms with Gasteiger partial charge in [0.15, 0.2) is 0 Å². The maximum Gasteiger partial charge on any atom is 0.146 e. The van der Waals surface area contributed by atoms with E-state index >= 15 is 0 Å². The van der Waals surface area contributed by atoms with Crippen molar-refractivity contribution < 1.29 is 0 Å². The molecule has 0 saturated carbocycles. The highest BCUT2D eigenvalue weighted by Crippen LogP contribution is 2.14. The Morgan fingerprint density at radius 3 is 3.08 bits per heavy atom. The zero-order valence-electron chi connectivity index (χ0n) is 7.73. The quantitative estimate of drug-likeness (QED) is 0.639. The first-order chi connectivity index (χ1) is 6.27. The van der Waals surface area contributed by atoms with Crippen LogP contribution in [0.1, 0.15) is 19.7 Å². The number of hydrogen-bond acceptors (Lipinski definition) is 2. The molecular formula is C10H11N3. The van der Waals surface area contributed by atoms with Gasteiger partial charge in [0.2, 0.25) is 0 Å². The van der Waals surface area contributed by atoms with Crippen LogP contribution in [-0.2, 0) is 0 Å². The van der Waals surface area contributed by atoms with Crippen LogP contribution in [0.4, 0.5) is 0 Å². The van der Waals surface area contributed by atoms with Gasteiger partial charge in [0, 0.05) is 24.7 Å². The predicted molar refractivity (Wildman–Crippen MR) is 53.2 cm³/mol. The largest absolute Gasteiger partial charge is 0.305 e. The molecule has 66 valence electrons. The van der Waals surface area contributed by atoms with Gasteiger partial charge in [-0.2, -0.15) is 0 Å². The van der Waals surface area contributed by atoms with Gasteiger partial charge in [-0.1, -0.05) is 13.8 Å². The van der Waals surface area contributed by atoms with E-state index < -0.39 is 0 Å². The van der Waals surface area contributed by atoms with Gasteiger partial charge in [-0.15, -0.1) is 0 Å². The van der Waals surface area contributed by atoms with E-state index in [1.165, 1.54) is 0 Å². The second kappa shape index (κ2) is 3.04. The smallest absolute Gasteiger partial charge is 0.146 e. The molecule has 0 spiro atoms. The summed E-state index contributed by atoms with van der Waals surface area (Å²) in [4.78, 5) is 8.36.